The minimum atomic E-state index is -1.16. The molecular weight excluding hydrogens is 254 g/mol. The van der Waals surface area contributed by atoms with Crippen LogP contribution in [0.4, 0.5) is 0 Å². The molecule has 6 heteroatoms. The summed E-state index contributed by atoms with van der Waals surface area (Å²) in [4.78, 5) is 19.3. The largest absolute Gasteiger partial charge is 1.00 e. The van der Waals surface area contributed by atoms with E-state index >= 15 is 0 Å². The number of hydrogen-bond acceptors (Lipinski definition) is 4. The molecule has 0 rings (SSSR count). The molecule has 88 valence electrons. The van der Waals surface area contributed by atoms with E-state index in [4.69, 9.17) is 0 Å². The molecule has 0 aromatic rings. The van der Waals surface area contributed by atoms with E-state index in [1.807, 2.05) is 0 Å². The molecule has 0 radical (unpaired) electrons. The first-order valence-electron chi connectivity index (χ1n) is 4.55. The molecule has 4 nitrogen and oxygen atoms in total. The quantitative estimate of drug-likeness (QED) is 0.289. The fourth-order valence-corrected chi connectivity index (χ4v) is 0.490. The van der Waals surface area contributed by atoms with Crippen LogP contribution < -0.4 is 69.3 Å². The maximum atomic E-state index is 9.64. The van der Waals surface area contributed by atoms with Gasteiger partial charge in [-0.3, -0.25) is 0 Å². The number of carbonyl (C=O) groups excluding carboxylic acids is 2. The molecule has 0 saturated carbocycles. The van der Waals surface area contributed by atoms with Gasteiger partial charge < -0.3 is 19.8 Å². The van der Waals surface area contributed by atoms with E-state index in [9.17, 15) is 19.8 Å². The van der Waals surface area contributed by atoms with Gasteiger partial charge in [0.05, 0.1) is 11.9 Å². The Hall–Kier alpha value is -0.1000. The fourth-order valence-electron chi connectivity index (χ4n) is 0.490. The van der Waals surface area contributed by atoms with Crippen molar-refractivity contribution in [1.82, 2.24) is 0 Å². The van der Waals surface area contributed by atoms with Crippen molar-refractivity contribution in [1.29, 1.82) is 0 Å². The molecule has 0 atom stereocenters. The van der Waals surface area contributed by atoms with Crippen molar-refractivity contribution in [2.45, 2.75) is 13.8 Å². The summed E-state index contributed by atoms with van der Waals surface area (Å²) in [5.74, 6) is -2.33. The number of rotatable bonds is 4. The van der Waals surface area contributed by atoms with Gasteiger partial charge in [-0.05, 0) is 26.0 Å². The van der Waals surface area contributed by atoms with Crippen molar-refractivity contribution in [2.24, 2.45) is 0 Å². The summed E-state index contributed by atoms with van der Waals surface area (Å²) >= 11 is 0. The van der Waals surface area contributed by atoms with Gasteiger partial charge in [0, 0.05) is 0 Å². The molecule has 0 aliphatic heterocycles. The summed E-state index contributed by atoms with van der Waals surface area (Å²) < 4.78 is 0. The molecule has 0 spiro atoms. The SMILES string of the molecule is C/C=C/C=C/C(=O)[O-].C/C=C/C=C/C(=O)[O-].[Na+].[Na+]. The Kier molecular flexibility index (Phi) is 32.5. The third-order valence-corrected chi connectivity index (χ3v) is 1.07. The van der Waals surface area contributed by atoms with Crippen molar-refractivity contribution < 1.29 is 78.9 Å². The maximum absolute atomic E-state index is 9.64. The minimum absolute atomic E-state index is 0. The van der Waals surface area contributed by atoms with E-state index in [1.54, 1.807) is 38.2 Å². The van der Waals surface area contributed by atoms with E-state index in [0.29, 0.717) is 0 Å². The molecule has 0 aliphatic rings. The van der Waals surface area contributed by atoms with Crippen LogP contribution in [0.25, 0.3) is 0 Å². The Morgan fingerprint density at radius 1 is 0.722 bits per heavy atom. The van der Waals surface area contributed by atoms with E-state index in [0.717, 1.165) is 12.2 Å². The van der Waals surface area contributed by atoms with Gasteiger partial charge in [0.15, 0.2) is 0 Å². The molecular formula is C12H14Na2O4. The van der Waals surface area contributed by atoms with Crippen LogP contribution in [0.3, 0.4) is 0 Å². The molecule has 0 aliphatic carbocycles. The van der Waals surface area contributed by atoms with Gasteiger partial charge in [0.1, 0.15) is 0 Å². The first kappa shape index (κ1) is 26.5. The van der Waals surface area contributed by atoms with Gasteiger partial charge in [-0.25, -0.2) is 0 Å². The first-order chi connectivity index (χ1) is 7.54. The van der Waals surface area contributed by atoms with Gasteiger partial charge in [-0.15, -0.1) is 0 Å². The second-order valence-corrected chi connectivity index (χ2v) is 2.41. The van der Waals surface area contributed by atoms with Gasteiger partial charge >= 0.3 is 59.1 Å². The molecule has 0 amide bonds. The van der Waals surface area contributed by atoms with E-state index in [-0.39, 0.29) is 59.1 Å². The zero-order chi connectivity index (χ0) is 12.8. The van der Waals surface area contributed by atoms with Crippen LogP contribution in [0.2, 0.25) is 0 Å². The molecule has 0 N–H and O–H groups in total. The molecule has 0 aromatic carbocycles. The first-order valence-corrected chi connectivity index (χ1v) is 4.55. The number of carboxylic acid groups (broad SMARTS) is 2. The summed E-state index contributed by atoms with van der Waals surface area (Å²) in [6.07, 6.45) is 11.5. The molecule has 0 aromatic heterocycles. The van der Waals surface area contributed by atoms with Crippen molar-refractivity contribution >= 4 is 11.9 Å². The summed E-state index contributed by atoms with van der Waals surface area (Å²) in [5.41, 5.74) is 0. The van der Waals surface area contributed by atoms with Crippen LogP contribution in [0, 0.1) is 0 Å². The van der Waals surface area contributed by atoms with Crippen LogP contribution in [0.5, 0.6) is 0 Å². The average Bonchev–Trinajstić information content (AvgIpc) is 2.18. The average molecular weight is 268 g/mol. The van der Waals surface area contributed by atoms with Gasteiger partial charge in [0.25, 0.3) is 0 Å². The maximum Gasteiger partial charge on any atom is 1.00 e. The Morgan fingerprint density at radius 3 is 1.17 bits per heavy atom. The molecule has 0 saturated heterocycles. The minimum Gasteiger partial charge on any atom is -0.545 e. The summed E-state index contributed by atoms with van der Waals surface area (Å²) in [5, 5.41) is 19.3. The van der Waals surface area contributed by atoms with Crippen molar-refractivity contribution in [3.63, 3.8) is 0 Å². The van der Waals surface area contributed by atoms with Crippen molar-refractivity contribution in [2.75, 3.05) is 0 Å². The smallest absolute Gasteiger partial charge is 0.545 e. The number of carboxylic acids is 2. The van der Waals surface area contributed by atoms with E-state index in [1.165, 1.54) is 12.2 Å². The zero-order valence-electron chi connectivity index (χ0n) is 11.3. The van der Waals surface area contributed by atoms with Gasteiger partial charge in [-0.2, -0.15) is 0 Å². The predicted molar refractivity (Wildman–Crippen MR) is 57.9 cm³/mol. The van der Waals surface area contributed by atoms with Crippen LogP contribution in [0.15, 0.2) is 48.6 Å². The zero-order valence-corrected chi connectivity index (χ0v) is 15.3. The third-order valence-electron chi connectivity index (χ3n) is 1.07. The van der Waals surface area contributed by atoms with E-state index < -0.39 is 11.9 Å². The van der Waals surface area contributed by atoms with Crippen molar-refractivity contribution in [3.05, 3.63) is 48.6 Å². The van der Waals surface area contributed by atoms with Gasteiger partial charge in [0.2, 0.25) is 0 Å². The number of aliphatic carboxylic acids is 2. The summed E-state index contributed by atoms with van der Waals surface area (Å²) in [6, 6.07) is 0. The molecule has 0 heterocycles. The topological polar surface area (TPSA) is 80.3 Å². The number of allylic oxidation sites excluding steroid dienone is 6. The van der Waals surface area contributed by atoms with Crippen LogP contribution in [0.1, 0.15) is 13.8 Å². The molecule has 0 fully saturated rings. The third kappa shape index (κ3) is 36.0. The van der Waals surface area contributed by atoms with Crippen LogP contribution in [-0.2, 0) is 9.59 Å². The number of hydrogen-bond donors (Lipinski definition) is 0. The molecule has 0 unspecified atom stereocenters. The monoisotopic (exact) mass is 268 g/mol. The number of carbonyl (C=O) groups is 2. The summed E-state index contributed by atoms with van der Waals surface area (Å²) in [6.45, 7) is 3.61. The normalized spacial score (nSPS) is 9.89. The Morgan fingerprint density at radius 2 is 1.00 bits per heavy atom. The second kappa shape index (κ2) is 22.1. The van der Waals surface area contributed by atoms with E-state index in [2.05, 4.69) is 0 Å². The van der Waals surface area contributed by atoms with Crippen LogP contribution in [-0.4, -0.2) is 11.9 Å². The molecule has 18 heavy (non-hydrogen) atoms. The Balaban J connectivity index is -0.0000000980. The van der Waals surface area contributed by atoms with Crippen molar-refractivity contribution in [3.8, 4) is 0 Å². The second-order valence-electron chi connectivity index (χ2n) is 2.41. The molecule has 0 bridgehead atoms. The summed E-state index contributed by atoms with van der Waals surface area (Å²) in [7, 11) is 0. The Labute approximate surface area is 152 Å². The van der Waals surface area contributed by atoms with Crippen LogP contribution >= 0.6 is 0 Å². The predicted octanol–water partition coefficient (Wildman–Crippen LogP) is -6.25. The fraction of sp³-hybridized carbons (Fsp3) is 0.167. The Bertz CT molecular complexity index is 286. The standard InChI is InChI=1S/2C6H8O2.2Na/c2*1-2-3-4-5-6(7)8;;/h2*2-5H,1H3,(H,7,8);;/q;;2*+1/p-2/b2*3-2+,5-4+;;. The van der Waals surface area contributed by atoms with Gasteiger partial charge in [-0.1, -0.05) is 36.5 Å².